The van der Waals surface area contributed by atoms with Gasteiger partial charge in [0.05, 0.1) is 24.9 Å². The highest BCUT2D eigenvalue weighted by molar-refractivity contribution is 5.98. The topological polar surface area (TPSA) is 71.5 Å². The Kier molecular flexibility index (Phi) is 6.34. The smallest absolute Gasteiger partial charge is 0.256 e. The molecule has 2 aliphatic rings. The molecule has 0 aromatic carbocycles. The molecule has 2 heterocycles. The summed E-state index contributed by atoms with van der Waals surface area (Å²) >= 11 is 0. The van der Waals surface area contributed by atoms with E-state index in [-0.39, 0.29) is 17.7 Å². The molecule has 6 nitrogen and oxygen atoms in total. The average molecular weight is 373 g/mol. The second-order valence-corrected chi connectivity index (χ2v) is 7.78. The van der Waals surface area contributed by atoms with Gasteiger partial charge in [-0.1, -0.05) is 39.5 Å². The summed E-state index contributed by atoms with van der Waals surface area (Å²) in [6.45, 7) is 4.97. The Morgan fingerprint density at radius 3 is 2.81 bits per heavy atom. The SMILES string of the molecule is CCCC[C@H](C)C(=O)NCc1cc2c(nc1OC)CN(C1CCCC1)C2=O. The van der Waals surface area contributed by atoms with Gasteiger partial charge in [0.15, 0.2) is 0 Å². The number of amides is 2. The molecule has 0 unspecified atom stereocenters. The number of methoxy groups -OCH3 is 1. The van der Waals surface area contributed by atoms with Crippen molar-refractivity contribution >= 4 is 11.8 Å². The zero-order valence-corrected chi connectivity index (χ0v) is 16.7. The van der Waals surface area contributed by atoms with Crippen molar-refractivity contribution in [3.05, 3.63) is 22.9 Å². The summed E-state index contributed by atoms with van der Waals surface area (Å²) in [6, 6.07) is 2.19. The number of unbranched alkanes of at least 4 members (excludes halogenated alkanes) is 1. The number of aromatic nitrogens is 1. The van der Waals surface area contributed by atoms with E-state index in [0.29, 0.717) is 30.6 Å². The van der Waals surface area contributed by atoms with Gasteiger partial charge in [-0.2, -0.15) is 0 Å². The van der Waals surface area contributed by atoms with Gasteiger partial charge in [-0.3, -0.25) is 9.59 Å². The highest BCUT2D eigenvalue weighted by Gasteiger charge is 2.35. The van der Waals surface area contributed by atoms with E-state index < -0.39 is 0 Å². The van der Waals surface area contributed by atoms with Gasteiger partial charge in [0.25, 0.3) is 5.91 Å². The molecule has 3 rings (SSSR count). The fraction of sp³-hybridized carbons (Fsp3) is 0.667. The normalized spacial score (nSPS) is 17.9. The summed E-state index contributed by atoms with van der Waals surface area (Å²) in [4.78, 5) is 31.7. The van der Waals surface area contributed by atoms with Crippen LogP contribution in [0.2, 0.25) is 0 Å². The zero-order valence-electron chi connectivity index (χ0n) is 16.7. The first-order chi connectivity index (χ1) is 13.0. The highest BCUT2D eigenvalue weighted by Crippen LogP contribution is 2.33. The Morgan fingerprint density at radius 2 is 2.15 bits per heavy atom. The van der Waals surface area contributed by atoms with Crippen LogP contribution in [0, 0.1) is 5.92 Å². The molecule has 0 radical (unpaired) electrons. The van der Waals surface area contributed by atoms with Crippen molar-refractivity contribution in [2.45, 2.75) is 77.9 Å². The molecular formula is C21H31N3O3. The Bertz CT molecular complexity index is 698. The number of hydrogen-bond acceptors (Lipinski definition) is 4. The molecular weight excluding hydrogens is 342 g/mol. The fourth-order valence-corrected chi connectivity index (χ4v) is 4.08. The fourth-order valence-electron chi connectivity index (χ4n) is 4.08. The van der Waals surface area contributed by atoms with Crippen LogP contribution in [0.3, 0.4) is 0 Å². The van der Waals surface area contributed by atoms with Gasteiger partial charge in [-0.15, -0.1) is 0 Å². The van der Waals surface area contributed by atoms with Crippen molar-refractivity contribution in [3.63, 3.8) is 0 Å². The van der Waals surface area contributed by atoms with Gasteiger partial charge in [0.1, 0.15) is 0 Å². The Labute approximate surface area is 161 Å². The molecule has 1 aromatic rings. The molecule has 1 atom stereocenters. The van der Waals surface area contributed by atoms with E-state index in [9.17, 15) is 9.59 Å². The summed E-state index contributed by atoms with van der Waals surface area (Å²) in [5.74, 6) is 0.579. The average Bonchev–Trinajstić information content (AvgIpc) is 3.31. The standard InChI is InChI=1S/C21H31N3O3/c1-4-5-8-14(2)19(25)22-12-15-11-17-18(23-20(15)27-3)13-24(21(17)26)16-9-6-7-10-16/h11,14,16H,4-10,12-13H2,1-3H3,(H,22,25)/t14-/m0/s1. The Hall–Kier alpha value is -2.11. The molecule has 27 heavy (non-hydrogen) atoms. The van der Waals surface area contributed by atoms with Crippen LogP contribution in [0.4, 0.5) is 0 Å². The summed E-state index contributed by atoms with van der Waals surface area (Å²) in [5.41, 5.74) is 2.20. The molecule has 0 spiro atoms. The minimum absolute atomic E-state index is 0.0159. The van der Waals surface area contributed by atoms with Crippen molar-refractivity contribution in [3.8, 4) is 5.88 Å². The molecule has 1 N–H and O–H groups in total. The third-order valence-corrected chi connectivity index (χ3v) is 5.80. The number of rotatable bonds is 8. The molecule has 148 valence electrons. The molecule has 1 saturated carbocycles. The van der Waals surface area contributed by atoms with Gasteiger partial charge >= 0.3 is 0 Å². The summed E-state index contributed by atoms with van der Waals surface area (Å²) in [6.07, 6.45) is 7.55. The molecule has 1 aromatic heterocycles. The molecule has 1 fully saturated rings. The van der Waals surface area contributed by atoms with E-state index >= 15 is 0 Å². The lowest BCUT2D eigenvalue weighted by molar-refractivity contribution is -0.124. The first-order valence-corrected chi connectivity index (χ1v) is 10.2. The molecule has 2 amide bonds. The van der Waals surface area contributed by atoms with Gasteiger partial charge in [0, 0.05) is 24.1 Å². The number of ether oxygens (including phenoxy) is 1. The van der Waals surface area contributed by atoms with Crippen molar-refractivity contribution in [2.75, 3.05) is 7.11 Å². The third-order valence-electron chi connectivity index (χ3n) is 5.80. The number of nitrogens with zero attached hydrogens (tertiary/aromatic N) is 2. The maximum Gasteiger partial charge on any atom is 0.256 e. The zero-order chi connectivity index (χ0) is 19.4. The predicted octanol–water partition coefficient (Wildman–Crippen LogP) is 3.43. The van der Waals surface area contributed by atoms with E-state index in [1.165, 1.54) is 12.8 Å². The number of carbonyl (C=O) groups excluding carboxylic acids is 2. The maximum absolute atomic E-state index is 12.9. The van der Waals surface area contributed by atoms with Crippen LogP contribution >= 0.6 is 0 Å². The molecule has 1 aliphatic heterocycles. The third kappa shape index (κ3) is 4.25. The number of carbonyl (C=O) groups is 2. The first-order valence-electron chi connectivity index (χ1n) is 10.2. The minimum Gasteiger partial charge on any atom is -0.481 e. The predicted molar refractivity (Wildman–Crippen MR) is 103 cm³/mol. The number of nitrogens with one attached hydrogen (secondary N) is 1. The van der Waals surface area contributed by atoms with Crippen LogP contribution in [-0.2, 0) is 17.9 Å². The van der Waals surface area contributed by atoms with Gasteiger partial charge in [-0.25, -0.2) is 4.98 Å². The lowest BCUT2D eigenvalue weighted by atomic mass is 10.0. The summed E-state index contributed by atoms with van der Waals surface area (Å²) in [7, 11) is 1.58. The minimum atomic E-state index is -0.0159. The van der Waals surface area contributed by atoms with Crippen LogP contribution in [0.1, 0.15) is 80.4 Å². The second kappa shape index (κ2) is 8.72. The van der Waals surface area contributed by atoms with Crippen molar-refractivity contribution in [1.29, 1.82) is 0 Å². The lowest BCUT2D eigenvalue weighted by Crippen LogP contribution is -2.33. The van der Waals surface area contributed by atoms with E-state index in [1.807, 2.05) is 17.9 Å². The number of hydrogen-bond donors (Lipinski definition) is 1. The summed E-state index contributed by atoms with van der Waals surface area (Å²) < 4.78 is 5.43. The van der Waals surface area contributed by atoms with Crippen LogP contribution in [0.25, 0.3) is 0 Å². The van der Waals surface area contributed by atoms with Crippen molar-refractivity contribution in [2.24, 2.45) is 5.92 Å². The quantitative estimate of drug-likeness (QED) is 0.758. The first kappa shape index (κ1) is 19.6. The van der Waals surface area contributed by atoms with E-state index in [1.54, 1.807) is 7.11 Å². The van der Waals surface area contributed by atoms with Crippen LogP contribution in [-0.4, -0.2) is 34.8 Å². The van der Waals surface area contributed by atoms with E-state index in [4.69, 9.17) is 4.74 Å². The second-order valence-electron chi connectivity index (χ2n) is 7.78. The molecule has 0 saturated heterocycles. The number of pyridine rings is 1. The Morgan fingerprint density at radius 1 is 1.41 bits per heavy atom. The maximum atomic E-state index is 12.9. The van der Waals surface area contributed by atoms with Crippen LogP contribution in [0.15, 0.2) is 6.07 Å². The van der Waals surface area contributed by atoms with E-state index in [2.05, 4.69) is 17.2 Å². The highest BCUT2D eigenvalue weighted by atomic mass is 16.5. The largest absolute Gasteiger partial charge is 0.481 e. The van der Waals surface area contributed by atoms with E-state index in [0.717, 1.165) is 43.4 Å². The van der Waals surface area contributed by atoms with Gasteiger partial charge < -0.3 is 15.0 Å². The molecule has 1 aliphatic carbocycles. The monoisotopic (exact) mass is 373 g/mol. The van der Waals surface area contributed by atoms with Crippen molar-refractivity contribution in [1.82, 2.24) is 15.2 Å². The van der Waals surface area contributed by atoms with Crippen LogP contribution in [0.5, 0.6) is 5.88 Å². The number of fused-ring (bicyclic) bond motifs is 1. The molecule has 0 bridgehead atoms. The van der Waals surface area contributed by atoms with Crippen molar-refractivity contribution < 1.29 is 14.3 Å². The lowest BCUT2D eigenvalue weighted by Gasteiger charge is -2.22. The summed E-state index contributed by atoms with van der Waals surface area (Å²) in [5, 5.41) is 2.97. The van der Waals surface area contributed by atoms with Crippen LogP contribution < -0.4 is 10.1 Å². The molecule has 6 heteroatoms. The Balaban J connectivity index is 1.70. The van der Waals surface area contributed by atoms with Gasteiger partial charge in [-0.05, 0) is 25.3 Å². The van der Waals surface area contributed by atoms with Gasteiger partial charge in [0.2, 0.25) is 11.8 Å².